The van der Waals surface area contributed by atoms with Crippen molar-refractivity contribution in [3.63, 3.8) is 0 Å². The molecule has 1 rings (SSSR count). The van der Waals surface area contributed by atoms with Crippen molar-refractivity contribution in [2.45, 2.75) is 50.2 Å². The van der Waals surface area contributed by atoms with Crippen LogP contribution in [0, 0.1) is 0 Å². The first-order valence-electron chi connectivity index (χ1n) is 5.53. The normalized spacial score (nSPS) is 17.6. The van der Waals surface area contributed by atoms with Gasteiger partial charge in [-0.05, 0) is 12.8 Å². The zero-order valence-corrected chi connectivity index (χ0v) is 9.72. The Morgan fingerprint density at radius 3 is 2.40 bits per heavy atom. The third kappa shape index (κ3) is 5.82. The molecule has 0 aromatic carbocycles. The van der Waals surface area contributed by atoms with E-state index < -0.39 is 5.97 Å². The average Bonchev–Trinajstić information content (AvgIpc) is 2.25. The lowest BCUT2D eigenvalue weighted by Gasteiger charge is -2.20. The lowest BCUT2D eigenvalue weighted by atomic mass is 10.0. The fourth-order valence-corrected chi connectivity index (χ4v) is 2.99. The Labute approximate surface area is 94.6 Å². The molecule has 0 atom stereocenters. The summed E-state index contributed by atoms with van der Waals surface area (Å²) in [6.45, 7) is 0. The van der Waals surface area contributed by atoms with Crippen LogP contribution < -0.4 is 0 Å². The Morgan fingerprint density at radius 2 is 1.80 bits per heavy atom. The summed E-state index contributed by atoms with van der Waals surface area (Å²) in [5.74, 6) is -0.309. The Balaban J connectivity index is 2.07. The van der Waals surface area contributed by atoms with Gasteiger partial charge in [-0.3, -0.25) is 9.59 Å². The summed E-state index contributed by atoms with van der Waals surface area (Å²) >= 11 is 1.71. The summed E-state index contributed by atoms with van der Waals surface area (Å²) in [5, 5.41) is 9.05. The van der Waals surface area contributed by atoms with Crippen LogP contribution in [0.15, 0.2) is 0 Å². The van der Waals surface area contributed by atoms with Crippen LogP contribution >= 0.6 is 11.8 Å². The number of carboxylic acids is 1. The van der Waals surface area contributed by atoms with Crippen molar-refractivity contribution in [3.8, 4) is 0 Å². The van der Waals surface area contributed by atoms with Crippen LogP contribution in [0.2, 0.25) is 0 Å². The Morgan fingerprint density at radius 1 is 1.13 bits per heavy atom. The molecule has 0 spiro atoms. The molecule has 0 bridgehead atoms. The summed E-state index contributed by atoms with van der Waals surface area (Å²) in [5.41, 5.74) is 0. The monoisotopic (exact) mass is 230 g/mol. The van der Waals surface area contributed by atoms with E-state index >= 15 is 0 Å². The van der Waals surface area contributed by atoms with Gasteiger partial charge in [-0.15, -0.1) is 0 Å². The Kier molecular flexibility index (Phi) is 5.76. The fraction of sp³-hybridized carbons (Fsp3) is 0.818. The summed E-state index contributed by atoms with van der Waals surface area (Å²) in [4.78, 5) is 21.6. The van der Waals surface area contributed by atoms with Crippen LogP contribution in [0.25, 0.3) is 0 Å². The number of carbonyl (C=O) groups excluding carboxylic acids is 1. The second kappa shape index (κ2) is 6.88. The van der Waals surface area contributed by atoms with Gasteiger partial charge in [-0.2, -0.15) is 11.8 Å². The minimum Gasteiger partial charge on any atom is -0.481 e. The van der Waals surface area contributed by atoms with E-state index in [2.05, 4.69) is 0 Å². The molecule has 0 unspecified atom stereocenters. The quantitative estimate of drug-likeness (QED) is 0.761. The summed E-state index contributed by atoms with van der Waals surface area (Å²) in [7, 11) is 0. The molecule has 1 saturated carbocycles. The number of rotatable bonds is 6. The molecule has 4 heteroatoms. The van der Waals surface area contributed by atoms with Gasteiger partial charge in [0, 0.05) is 11.7 Å². The van der Waals surface area contributed by atoms with Gasteiger partial charge in [0.2, 0.25) is 0 Å². The van der Waals surface area contributed by atoms with Crippen molar-refractivity contribution in [1.29, 1.82) is 0 Å². The summed E-state index contributed by atoms with van der Waals surface area (Å²) in [6, 6.07) is 0. The second-order valence-electron chi connectivity index (χ2n) is 4.00. The number of Topliss-reactive ketones (excluding diaryl/α,β-unsaturated/α-hetero) is 1. The van der Waals surface area contributed by atoms with E-state index in [9.17, 15) is 9.59 Å². The molecule has 0 heterocycles. The molecule has 0 aliphatic heterocycles. The average molecular weight is 230 g/mol. The molecule has 1 aliphatic carbocycles. The molecule has 0 amide bonds. The molecule has 86 valence electrons. The Hall–Kier alpha value is -0.510. The van der Waals surface area contributed by atoms with E-state index in [-0.39, 0.29) is 18.6 Å². The van der Waals surface area contributed by atoms with Gasteiger partial charge in [0.15, 0.2) is 0 Å². The predicted molar refractivity (Wildman–Crippen MR) is 61.2 cm³/mol. The highest BCUT2D eigenvalue weighted by Crippen LogP contribution is 2.28. The number of ketones is 1. The molecule has 0 radical (unpaired) electrons. The molecule has 3 nitrogen and oxygen atoms in total. The van der Waals surface area contributed by atoms with Crippen molar-refractivity contribution in [2.24, 2.45) is 0 Å². The first-order chi connectivity index (χ1) is 7.18. The van der Waals surface area contributed by atoms with Gasteiger partial charge in [0.05, 0.1) is 12.2 Å². The van der Waals surface area contributed by atoms with Gasteiger partial charge in [-0.1, -0.05) is 19.3 Å². The number of hydrogen-bond acceptors (Lipinski definition) is 3. The Bertz CT molecular complexity index is 222. The molecular weight excluding hydrogens is 212 g/mol. The van der Waals surface area contributed by atoms with Crippen LogP contribution in [0.4, 0.5) is 0 Å². The highest BCUT2D eigenvalue weighted by atomic mass is 32.2. The molecule has 1 fully saturated rings. The maximum atomic E-state index is 11.3. The molecule has 15 heavy (non-hydrogen) atoms. The van der Waals surface area contributed by atoms with Crippen LogP contribution in [0.3, 0.4) is 0 Å². The van der Waals surface area contributed by atoms with E-state index in [1.165, 1.54) is 32.1 Å². The molecule has 1 aliphatic rings. The van der Waals surface area contributed by atoms with Gasteiger partial charge in [0.25, 0.3) is 0 Å². The van der Waals surface area contributed by atoms with Crippen LogP contribution in [0.5, 0.6) is 0 Å². The molecule has 0 saturated heterocycles. The fourth-order valence-electron chi connectivity index (χ4n) is 1.76. The number of thioether (sulfide) groups is 1. The largest absolute Gasteiger partial charge is 0.481 e. The third-order valence-electron chi connectivity index (χ3n) is 2.65. The molecule has 0 aromatic rings. The first-order valence-corrected chi connectivity index (χ1v) is 6.58. The minimum absolute atomic E-state index is 0.0238. The summed E-state index contributed by atoms with van der Waals surface area (Å²) in [6.07, 6.45) is 6.48. The number of aliphatic carboxylic acids is 1. The van der Waals surface area contributed by atoms with Crippen molar-refractivity contribution in [2.75, 3.05) is 5.75 Å². The van der Waals surface area contributed by atoms with E-state index in [0.29, 0.717) is 11.0 Å². The van der Waals surface area contributed by atoms with E-state index in [0.717, 1.165) is 0 Å². The lowest BCUT2D eigenvalue weighted by Crippen LogP contribution is -2.12. The van der Waals surface area contributed by atoms with Gasteiger partial charge < -0.3 is 5.11 Å². The maximum absolute atomic E-state index is 11.3. The van der Waals surface area contributed by atoms with E-state index in [4.69, 9.17) is 5.11 Å². The van der Waals surface area contributed by atoms with E-state index in [1.807, 2.05) is 0 Å². The molecular formula is C11H18O3S. The smallest absolute Gasteiger partial charge is 0.303 e. The molecule has 1 N–H and O–H groups in total. The topological polar surface area (TPSA) is 54.4 Å². The van der Waals surface area contributed by atoms with Gasteiger partial charge >= 0.3 is 5.97 Å². The molecule has 0 aromatic heterocycles. The minimum atomic E-state index is -0.883. The van der Waals surface area contributed by atoms with Gasteiger partial charge in [-0.25, -0.2) is 0 Å². The summed E-state index contributed by atoms with van der Waals surface area (Å²) < 4.78 is 0. The second-order valence-corrected chi connectivity index (χ2v) is 5.29. The number of hydrogen-bond donors (Lipinski definition) is 1. The number of carbonyl (C=O) groups is 2. The zero-order chi connectivity index (χ0) is 11.1. The SMILES string of the molecule is O=C(O)CCC(=O)CSC1CCCCC1. The van der Waals surface area contributed by atoms with Crippen molar-refractivity contribution in [1.82, 2.24) is 0 Å². The zero-order valence-electron chi connectivity index (χ0n) is 8.91. The first kappa shape index (κ1) is 12.6. The van der Waals surface area contributed by atoms with E-state index in [1.54, 1.807) is 11.8 Å². The van der Waals surface area contributed by atoms with Crippen molar-refractivity contribution < 1.29 is 14.7 Å². The van der Waals surface area contributed by atoms with Crippen LogP contribution in [-0.4, -0.2) is 27.9 Å². The number of carboxylic acid groups (broad SMARTS) is 1. The van der Waals surface area contributed by atoms with Gasteiger partial charge in [0.1, 0.15) is 5.78 Å². The highest BCUT2D eigenvalue weighted by Gasteiger charge is 2.15. The highest BCUT2D eigenvalue weighted by molar-refractivity contribution is 8.00. The van der Waals surface area contributed by atoms with Crippen molar-refractivity contribution >= 4 is 23.5 Å². The third-order valence-corrected chi connectivity index (χ3v) is 4.08. The lowest BCUT2D eigenvalue weighted by molar-refractivity contribution is -0.138. The van der Waals surface area contributed by atoms with Crippen LogP contribution in [0.1, 0.15) is 44.9 Å². The maximum Gasteiger partial charge on any atom is 0.303 e. The predicted octanol–water partition coefficient (Wildman–Crippen LogP) is 2.49. The standard InChI is InChI=1S/C11H18O3S/c12-9(6-7-11(13)14)8-15-10-4-2-1-3-5-10/h10H,1-8H2,(H,13,14). The van der Waals surface area contributed by atoms with Crippen molar-refractivity contribution in [3.05, 3.63) is 0 Å². The van der Waals surface area contributed by atoms with Crippen LogP contribution in [-0.2, 0) is 9.59 Å².